The van der Waals surface area contributed by atoms with Gasteiger partial charge in [0.25, 0.3) is 0 Å². The first kappa shape index (κ1) is 13.2. The smallest absolute Gasteiger partial charge is 0.168 e. The van der Waals surface area contributed by atoms with Gasteiger partial charge < -0.3 is 20.7 Å². The Kier molecular flexibility index (Phi) is 3.48. The largest absolute Gasteiger partial charge is 0.488 e. The first-order valence-electron chi connectivity index (χ1n) is 6.69. The highest BCUT2D eigenvalue weighted by Crippen LogP contribution is 2.32. The molecular formula is C14H17F2N3O. The molecule has 20 heavy (non-hydrogen) atoms. The van der Waals surface area contributed by atoms with Gasteiger partial charge in [0.15, 0.2) is 11.6 Å². The fourth-order valence-electron chi connectivity index (χ4n) is 2.79. The molecule has 3 N–H and O–H groups in total. The van der Waals surface area contributed by atoms with Crippen molar-refractivity contribution in [1.29, 1.82) is 0 Å². The summed E-state index contributed by atoms with van der Waals surface area (Å²) in [5, 5.41) is 3.16. The summed E-state index contributed by atoms with van der Waals surface area (Å²) in [5.41, 5.74) is 7.28. The Hall–Kier alpha value is -1.82. The van der Waals surface area contributed by atoms with Crippen molar-refractivity contribution in [2.24, 2.45) is 5.73 Å². The van der Waals surface area contributed by atoms with Crippen LogP contribution in [0.3, 0.4) is 0 Å². The topological polar surface area (TPSA) is 50.5 Å². The third-order valence-corrected chi connectivity index (χ3v) is 3.70. The second-order valence-corrected chi connectivity index (χ2v) is 5.05. The molecule has 1 aromatic carbocycles. The molecule has 0 saturated carbocycles. The predicted octanol–water partition coefficient (Wildman–Crippen LogP) is 1.32. The molecule has 1 aromatic rings. The minimum Gasteiger partial charge on any atom is -0.488 e. The minimum atomic E-state index is -0.629. The summed E-state index contributed by atoms with van der Waals surface area (Å²) < 4.78 is 32.4. The maximum absolute atomic E-state index is 13.6. The van der Waals surface area contributed by atoms with Crippen LogP contribution in [-0.2, 0) is 6.42 Å². The lowest BCUT2D eigenvalue weighted by atomic mass is 10.0. The Labute approximate surface area is 116 Å². The van der Waals surface area contributed by atoms with Crippen LogP contribution in [0.25, 0.3) is 0 Å². The van der Waals surface area contributed by atoms with E-state index in [4.69, 9.17) is 10.5 Å². The Balaban J connectivity index is 1.80. The molecule has 108 valence electrons. The molecule has 0 radical (unpaired) electrons. The second-order valence-electron chi connectivity index (χ2n) is 5.05. The van der Waals surface area contributed by atoms with Gasteiger partial charge in [0.1, 0.15) is 12.4 Å². The SMILES string of the molecule is NCCC1=CNCN1C1COc2c(F)cc(F)cc2C1. The van der Waals surface area contributed by atoms with Gasteiger partial charge in [-0.3, -0.25) is 0 Å². The van der Waals surface area contributed by atoms with Crippen molar-refractivity contribution in [3.05, 3.63) is 41.2 Å². The zero-order valence-electron chi connectivity index (χ0n) is 11.0. The van der Waals surface area contributed by atoms with Crippen LogP contribution in [0.5, 0.6) is 5.75 Å². The fraction of sp³-hybridized carbons (Fsp3) is 0.429. The van der Waals surface area contributed by atoms with E-state index in [0.717, 1.165) is 18.2 Å². The number of nitrogens with zero attached hydrogens (tertiary/aromatic N) is 1. The lowest BCUT2D eigenvalue weighted by Crippen LogP contribution is -2.43. The molecule has 2 heterocycles. The average Bonchev–Trinajstić information content (AvgIpc) is 2.86. The summed E-state index contributed by atoms with van der Waals surface area (Å²) in [6, 6.07) is 2.27. The number of rotatable bonds is 3. The van der Waals surface area contributed by atoms with Crippen molar-refractivity contribution in [3.63, 3.8) is 0 Å². The number of nitrogens with two attached hydrogens (primary N) is 1. The van der Waals surface area contributed by atoms with Gasteiger partial charge in [-0.15, -0.1) is 0 Å². The molecule has 0 aliphatic carbocycles. The first-order valence-corrected chi connectivity index (χ1v) is 6.69. The monoisotopic (exact) mass is 281 g/mol. The van der Waals surface area contributed by atoms with Gasteiger partial charge in [-0.25, -0.2) is 8.78 Å². The highest BCUT2D eigenvalue weighted by molar-refractivity contribution is 5.38. The molecule has 2 aliphatic rings. The van der Waals surface area contributed by atoms with Crippen molar-refractivity contribution in [2.45, 2.75) is 18.9 Å². The molecule has 0 aromatic heterocycles. The van der Waals surface area contributed by atoms with Gasteiger partial charge in [0, 0.05) is 29.9 Å². The lowest BCUT2D eigenvalue weighted by Gasteiger charge is -2.35. The number of halogens is 2. The standard InChI is InChI=1S/C14H17F2N3O/c15-10-3-9-4-12(7-20-14(9)13(16)5-10)19-8-18-6-11(19)1-2-17/h3,5-6,12,18H,1-2,4,7-8,17H2. The molecular weight excluding hydrogens is 264 g/mol. The Bertz CT molecular complexity index is 547. The Morgan fingerprint density at radius 2 is 2.25 bits per heavy atom. The van der Waals surface area contributed by atoms with E-state index < -0.39 is 11.6 Å². The third-order valence-electron chi connectivity index (χ3n) is 3.70. The van der Waals surface area contributed by atoms with Crippen molar-refractivity contribution >= 4 is 0 Å². The highest BCUT2D eigenvalue weighted by Gasteiger charge is 2.30. The summed E-state index contributed by atoms with van der Waals surface area (Å²) in [5.74, 6) is -1.02. The van der Waals surface area contributed by atoms with E-state index in [0.29, 0.717) is 31.8 Å². The maximum atomic E-state index is 13.6. The van der Waals surface area contributed by atoms with E-state index >= 15 is 0 Å². The number of hydrogen-bond acceptors (Lipinski definition) is 4. The van der Waals surface area contributed by atoms with Crippen LogP contribution in [0.4, 0.5) is 8.78 Å². The van der Waals surface area contributed by atoms with Crippen molar-refractivity contribution in [3.8, 4) is 5.75 Å². The summed E-state index contributed by atoms with van der Waals surface area (Å²) >= 11 is 0. The summed E-state index contributed by atoms with van der Waals surface area (Å²) in [4.78, 5) is 2.15. The molecule has 0 amide bonds. The van der Waals surface area contributed by atoms with Crippen molar-refractivity contribution in [2.75, 3.05) is 19.8 Å². The zero-order valence-corrected chi connectivity index (χ0v) is 11.0. The fourth-order valence-corrected chi connectivity index (χ4v) is 2.79. The quantitative estimate of drug-likeness (QED) is 0.877. The van der Waals surface area contributed by atoms with Crippen molar-refractivity contribution < 1.29 is 13.5 Å². The van der Waals surface area contributed by atoms with Gasteiger partial charge >= 0.3 is 0 Å². The van der Waals surface area contributed by atoms with Crippen LogP contribution in [0, 0.1) is 11.6 Å². The number of nitrogens with one attached hydrogen (secondary N) is 1. The van der Waals surface area contributed by atoms with E-state index in [9.17, 15) is 8.78 Å². The Morgan fingerprint density at radius 1 is 1.40 bits per heavy atom. The normalized spacial score (nSPS) is 21.1. The van der Waals surface area contributed by atoms with Gasteiger partial charge in [-0.1, -0.05) is 0 Å². The molecule has 4 nitrogen and oxygen atoms in total. The summed E-state index contributed by atoms with van der Waals surface area (Å²) in [6.45, 7) is 1.63. The van der Waals surface area contributed by atoms with Gasteiger partial charge in [0.2, 0.25) is 0 Å². The molecule has 0 saturated heterocycles. The second kappa shape index (κ2) is 5.28. The first-order chi connectivity index (χ1) is 9.69. The van der Waals surface area contributed by atoms with Crippen LogP contribution in [0.15, 0.2) is 24.0 Å². The number of ether oxygens (including phenoxy) is 1. The van der Waals surface area contributed by atoms with E-state index in [-0.39, 0.29) is 11.8 Å². The third kappa shape index (κ3) is 2.31. The van der Waals surface area contributed by atoms with Crippen molar-refractivity contribution in [1.82, 2.24) is 10.2 Å². The molecule has 1 unspecified atom stereocenters. The predicted molar refractivity (Wildman–Crippen MR) is 70.9 cm³/mol. The highest BCUT2D eigenvalue weighted by atomic mass is 19.1. The van der Waals surface area contributed by atoms with E-state index in [1.165, 1.54) is 6.07 Å². The Morgan fingerprint density at radius 3 is 3.05 bits per heavy atom. The van der Waals surface area contributed by atoms with Gasteiger partial charge in [0.05, 0.1) is 12.7 Å². The van der Waals surface area contributed by atoms with E-state index in [1.807, 2.05) is 6.20 Å². The molecule has 0 bridgehead atoms. The number of benzene rings is 1. The minimum absolute atomic E-state index is 0.0662. The van der Waals surface area contributed by atoms with Crippen LogP contribution in [0.2, 0.25) is 0 Å². The van der Waals surface area contributed by atoms with E-state index in [1.54, 1.807) is 0 Å². The summed E-state index contributed by atoms with van der Waals surface area (Å²) in [6.07, 6.45) is 3.27. The molecule has 1 atom stereocenters. The molecule has 0 spiro atoms. The van der Waals surface area contributed by atoms with Gasteiger partial charge in [-0.2, -0.15) is 0 Å². The van der Waals surface area contributed by atoms with Crippen LogP contribution < -0.4 is 15.8 Å². The maximum Gasteiger partial charge on any atom is 0.168 e. The van der Waals surface area contributed by atoms with Crippen LogP contribution in [0.1, 0.15) is 12.0 Å². The number of fused-ring (bicyclic) bond motifs is 1. The molecule has 0 fully saturated rings. The molecule has 6 heteroatoms. The average molecular weight is 281 g/mol. The zero-order chi connectivity index (χ0) is 14.1. The number of hydrogen-bond donors (Lipinski definition) is 2. The van der Waals surface area contributed by atoms with Crippen LogP contribution >= 0.6 is 0 Å². The molecule has 2 aliphatic heterocycles. The molecule has 3 rings (SSSR count). The van der Waals surface area contributed by atoms with Crippen LogP contribution in [-0.4, -0.2) is 30.8 Å². The lowest BCUT2D eigenvalue weighted by molar-refractivity contribution is 0.146. The van der Waals surface area contributed by atoms with Gasteiger partial charge in [-0.05, 0) is 19.0 Å². The van der Waals surface area contributed by atoms with E-state index in [2.05, 4.69) is 10.2 Å². The summed E-state index contributed by atoms with van der Waals surface area (Å²) in [7, 11) is 0.